The highest BCUT2D eigenvalue weighted by Crippen LogP contribution is 2.23. The van der Waals surface area contributed by atoms with Crippen molar-refractivity contribution in [2.24, 2.45) is 0 Å². The van der Waals surface area contributed by atoms with E-state index in [2.05, 4.69) is 17.4 Å². The molecule has 0 atom stereocenters. The molecule has 0 unspecified atom stereocenters. The molecule has 0 aliphatic carbocycles. The topological polar surface area (TPSA) is 9.23 Å². The number of aryl methyl sites for hydroxylation is 1. The Bertz CT molecular complexity index is 320. The Morgan fingerprint density at radius 1 is 1.40 bits per heavy atom. The number of hydrogen-bond acceptors (Lipinski definition) is 2. The summed E-state index contributed by atoms with van der Waals surface area (Å²) in [5, 5.41) is 0. The molecule has 0 aliphatic heterocycles. The van der Waals surface area contributed by atoms with E-state index in [1.807, 2.05) is 0 Å². The Hall–Kier alpha value is -0.480. The smallest absolute Gasteiger partial charge is 0.387 e. The zero-order valence-electron chi connectivity index (χ0n) is 7.92. The molecule has 1 aromatic carbocycles. The fourth-order valence-corrected chi connectivity index (χ4v) is 1.64. The summed E-state index contributed by atoms with van der Waals surface area (Å²) in [5.74, 6) is 0.701. The number of rotatable bonds is 5. The molecule has 1 nitrogen and oxygen atoms in total. The van der Waals surface area contributed by atoms with Crippen molar-refractivity contribution in [1.82, 2.24) is 0 Å². The van der Waals surface area contributed by atoms with Crippen LogP contribution >= 0.6 is 24.2 Å². The van der Waals surface area contributed by atoms with Gasteiger partial charge in [-0.05, 0) is 30.5 Å². The molecule has 0 aliphatic rings. The average molecular weight is 253 g/mol. The monoisotopic (exact) mass is 252 g/mol. The summed E-state index contributed by atoms with van der Waals surface area (Å²) in [6.45, 7) is -2.80. The van der Waals surface area contributed by atoms with Crippen LogP contribution in [0.2, 0.25) is 0 Å². The van der Waals surface area contributed by atoms with Crippen LogP contribution in [-0.2, 0) is 6.42 Å². The van der Waals surface area contributed by atoms with Crippen LogP contribution in [0.15, 0.2) is 23.1 Å². The van der Waals surface area contributed by atoms with E-state index in [1.54, 1.807) is 6.07 Å². The minimum atomic E-state index is -2.80. The van der Waals surface area contributed by atoms with Gasteiger partial charge in [0.05, 0.1) is 0 Å². The lowest BCUT2D eigenvalue weighted by Gasteiger charge is -2.08. The third-order valence-corrected chi connectivity index (χ3v) is 2.55. The van der Waals surface area contributed by atoms with E-state index < -0.39 is 6.61 Å². The van der Waals surface area contributed by atoms with E-state index in [9.17, 15) is 8.78 Å². The van der Waals surface area contributed by atoms with Gasteiger partial charge in [-0.1, -0.05) is 6.07 Å². The zero-order valence-corrected chi connectivity index (χ0v) is 9.57. The summed E-state index contributed by atoms with van der Waals surface area (Å²) >= 11 is 9.75. The Morgan fingerprint density at radius 3 is 2.67 bits per heavy atom. The van der Waals surface area contributed by atoms with Gasteiger partial charge < -0.3 is 4.74 Å². The number of alkyl halides is 3. The van der Waals surface area contributed by atoms with Crippen molar-refractivity contribution >= 4 is 24.2 Å². The van der Waals surface area contributed by atoms with Crippen molar-refractivity contribution < 1.29 is 13.5 Å². The van der Waals surface area contributed by atoms with Crippen LogP contribution in [0.4, 0.5) is 8.78 Å². The number of halogens is 3. The predicted octanol–water partition coefficient (Wildman–Crippen LogP) is 3.75. The summed E-state index contributed by atoms with van der Waals surface area (Å²) in [5.41, 5.74) is 0.987. The molecule has 84 valence electrons. The molecule has 0 bridgehead atoms. The van der Waals surface area contributed by atoms with E-state index in [1.165, 1.54) is 12.1 Å². The fraction of sp³-hybridized carbons (Fsp3) is 0.400. The van der Waals surface area contributed by atoms with Gasteiger partial charge in [0, 0.05) is 10.8 Å². The van der Waals surface area contributed by atoms with Crippen molar-refractivity contribution in [2.45, 2.75) is 24.3 Å². The zero-order chi connectivity index (χ0) is 11.3. The van der Waals surface area contributed by atoms with Crippen molar-refractivity contribution in [3.05, 3.63) is 23.8 Å². The number of hydrogen-bond donors (Lipinski definition) is 1. The van der Waals surface area contributed by atoms with Gasteiger partial charge in [0.1, 0.15) is 5.75 Å². The standard InChI is InChI=1S/C10H11ClF2OS/c11-5-1-2-7-3-4-8(6-9(7)15)14-10(12)13/h3-4,6,10,15H,1-2,5H2. The molecule has 1 rings (SSSR count). The highest BCUT2D eigenvalue weighted by atomic mass is 35.5. The Labute approximate surface area is 97.8 Å². The van der Waals surface area contributed by atoms with Crippen LogP contribution in [0.1, 0.15) is 12.0 Å². The van der Waals surface area contributed by atoms with Gasteiger partial charge in [-0.15, -0.1) is 24.2 Å². The minimum Gasteiger partial charge on any atom is -0.435 e. The normalized spacial score (nSPS) is 10.7. The fourth-order valence-electron chi connectivity index (χ4n) is 1.19. The maximum atomic E-state index is 11.9. The van der Waals surface area contributed by atoms with Gasteiger partial charge >= 0.3 is 6.61 Å². The first-order valence-electron chi connectivity index (χ1n) is 4.46. The molecule has 0 saturated carbocycles. The first-order valence-corrected chi connectivity index (χ1v) is 5.44. The second-order valence-corrected chi connectivity index (χ2v) is 3.82. The predicted molar refractivity (Wildman–Crippen MR) is 59.4 cm³/mol. The van der Waals surface area contributed by atoms with Crippen LogP contribution in [0.3, 0.4) is 0 Å². The maximum Gasteiger partial charge on any atom is 0.387 e. The molecule has 0 heterocycles. The first-order chi connectivity index (χ1) is 7.13. The second kappa shape index (κ2) is 6.18. The highest BCUT2D eigenvalue weighted by molar-refractivity contribution is 7.80. The molecular formula is C10H11ClF2OS. The van der Waals surface area contributed by atoms with E-state index in [-0.39, 0.29) is 5.75 Å². The van der Waals surface area contributed by atoms with Crippen LogP contribution < -0.4 is 4.74 Å². The summed E-state index contributed by atoms with van der Waals surface area (Å²) in [6, 6.07) is 4.72. The van der Waals surface area contributed by atoms with E-state index in [0.29, 0.717) is 10.8 Å². The van der Waals surface area contributed by atoms with Crippen LogP contribution in [0.5, 0.6) is 5.75 Å². The maximum absolute atomic E-state index is 11.9. The summed E-state index contributed by atoms with van der Waals surface area (Å²) < 4.78 is 28.0. The minimum absolute atomic E-state index is 0.129. The van der Waals surface area contributed by atoms with Crippen molar-refractivity contribution in [1.29, 1.82) is 0 Å². The molecular weight excluding hydrogens is 242 g/mol. The van der Waals surface area contributed by atoms with Crippen LogP contribution in [0.25, 0.3) is 0 Å². The van der Waals surface area contributed by atoms with Crippen molar-refractivity contribution in [3.8, 4) is 5.75 Å². The lowest BCUT2D eigenvalue weighted by molar-refractivity contribution is -0.0499. The molecule has 15 heavy (non-hydrogen) atoms. The molecule has 1 aromatic rings. The number of ether oxygens (including phenoxy) is 1. The van der Waals surface area contributed by atoms with Crippen LogP contribution in [-0.4, -0.2) is 12.5 Å². The SMILES string of the molecule is FC(F)Oc1ccc(CCCCl)c(S)c1. The number of benzene rings is 1. The first kappa shape index (κ1) is 12.6. The largest absolute Gasteiger partial charge is 0.435 e. The molecule has 0 radical (unpaired) electrons. The second-order valence-electron chi connectivity index (χ2n) is 2.96. The van der Waals surface area contributed by atoms with E-state index in [0.717, 1.165) is 18.4 Å². The van der Waals surface area contributed by atoms with Crippen LogP contribution in [0, 0.1) is 0 Å². The Kier molecular flexibility index (Phi) is 5.19. The van der Waals surface area contributed by atoms with Crippen molar-refractivity contribution in [3.63, 3.8) is 0 Å². The van der Waals surface area contributed by atoms with Gasteiger partial charge in [-0.25, -0.2) is 0 Å². The molecule has 0 spiro atoms. The molecule has 0 N–H and O–H groups in total. The van der Waals surface area contributed by atoms with Gasteiger partial charge in [0.2, 0.25) is 0 Å². The third-order valence-electron chi connectivity index (χ3n) is 1.86. The summed E-state index contributed by atoms with van der Waals surface area (Å²) in [6.07, 6.45) is 1.63. The molecule has 0 fully saturated rings. The molecule has 0 saturated heterocycles. The highest BCUT2D eigenvalue weighted by Gasteiger charge is 2.06. The Balaban J connectivity index is 2.69. The van der Waals surface area contributed by atoms with Gasteiger partial charge in [0.15, 0.2) is 0 Å². The number of thiol groups is 1. The van der Waals surface area contributed by atoms with E-state index >= 15 is 0 Å². The lowest BCUT2D eigenvalue weighted by atomic mass is 10.1. The average Bonchev–Trinajstić information content (AvgIpc) is 2.15. The molecule has 0 aromatic heterocycles. The third kappa shape index (κ3) is 4.26. The lowest BCUT2D eigenvalue weighted by Crippen LogP contribution is -2.02. The molecule has 5 heteroatoms. The summed E-state index contributed by atoms with van der Waals surface area (Å²) in [4.78, 5) is 0.651. The van der Waals surface area contributed by atoms with E-state index in [4.69, 9.17) is 11.6 Å². The quantitative estimate of drug-likeness (QED) is 0.620. The van der Waals surface area contributed by atoms with Gasteiger partial charge in [-0.2, -0.15) is 8.78 Å². The van der Waals surface area contributed by atoms with Crippen molar-refractivity contribution in [2.75, 3.05) is 5.88 Å². The Morgan fingerprint density at radius 2 is 2.13 bits per heavy atom. The van der Waals surface area contributed by atoms with Gasteiger partial charge in [0.25, 0.3) is 0 Å². The summed E-state index contributed by atoms with van der Waals surface area (Å²) in [7, 11) is 0. The molecule has 0 amide bonds. The van der Waals surface area contributed by atoms with Gasteiger partial charge in [-0.3, -0.25) is 0 Å².